The second-order valence-electron chi connectivity index (χ2n) is 2.89. The van der Waals surface area contributed by atoms with Crippen molar-refractivity contribution in [3.63, 3.8) is 0 Å². The summed E-state index contributed by atoms with van der Waals surface area (Å²) < 4.78 is 0. The molecule has 14 heavy (non-hydrogen) atoms. The van der Waals surface area contributed by atoms with Gasteiger partial charge in [-0.3, -0.25) is 5.10 Å². The lowest BCUT2D eigenvalue weighted by atomic mass is 10.4. The van der Waals surface area contributed by atoms with Gasteiger partial charge in [0.1, 0.15) is 6.33 Å². The van der Waals surface area contributed by atoms with Crippen molar-refractivity contribution in [2.24, 2.45) is 0 Å². The van der Waals surface area contributed by atoms with Crippen molar-refractivity contribution in [2.75, 3.05) is 0 Å². The van der Waals surface area contributed by atoms with Crippen LogP contribution in [0.1, 0.15) is 11.4 Å². The summed E-state index contributed by atoms with van der Waals surface area (Å²) in [6.45, 7) is 1.51. The van der Waals surface area contributed by atoms with E-state index in [1.807, 2.05) is 12.1 Å². The van der Waals surface area contributed by atoms with Crippen molar-refractivity contribution >= 4 is 0 Å². The predicted molar refractivity (Wildman–Crippen MR) is 51.2 cm³/mol. The van der Waals surface area contributed by atoms with Gasteiger partial charge in [-0.2, -0.15) is 5.10 Å². The zero-order chi connectivity index (χ0) is 9.64. The second-order valence-corrected chi connectivity index (χ2v) is 2.89. The Bertz CT molecular complexity index is 356. The minimum Gasteiger partial charge on any atom is -0.306 e. The molecular weight excluding hydrogens is 178 g/mol. The fourth-order valence-electron chi connectivity index (χ4n) is 1.13. The van der Waals surface area contributed by atoms with Crippen LogP contribution in [0.3, 0.4) is 0 Å². The topological polar surface area (TPSA) is 66.5 Å². The van der Waals surface area contributed by atoms with E-state index in [4.69, 9.17) is 0 Å². The number of hydrogen-bond donors (Lipinski definition) is 2. The largest absolute Gasteiger partial charge is 0.306 e. The van der Waals surface area contributed by atoms with E-state index in [1.165, 1.54) is 0 Å². The molecule has 0 aliphatic heterocycles. The van der Waals surface area contributed by atoms with Crippen LogP contribution in [0, 0.1) is 0 Å². The van der Waals surface area contributed by atoms with E-state index in [0.717, 1.165) is 24.5 Å². The van der Waals surface area contributed by atoms with E-state index in [9.17, 15) is 0 Å². The predicted octanol–water partition coefficient (Wildman–Crippen LogP) is 0.489. The van der Waals surface area contributed by atoms with Gasteiger partial charge >= 0.3 is 0 Å². The zero-order valence-corrected chi connectivity index (χ0v) is 7.64. The minimum absolute atomic E-state index is 0.738. The van der Waals surface area contributed by atoms with Crippen molar-refractivity contribution < 1.29 is 0 Å². The SMILES string of the molecule is c1cc(CNCc2ccn[nH]2)ncn1. The van der Waals surface area contributed by atoms with Crippen molar-refractivity contribution in [1.82, 2.24) is 25.5 Å². The van der Waals surface area contributed by atoms with Crippen LogP contribution in [0.15, 0.2) is 30.9 Å². The van der Waals surface area contributed by atoms with Gasteiger partial charge in [-0.1, -0.05) is 0 Å². The molecule has 2 rings (SSSR count). The van der Waals surface area contributed by atoms with Crippen molar-refractivity contribution in [2.45, 2.75) is 13.1 Å². The molecule has 0 amide bonds. The molecule has 0 saturated heterocycles. The van der Waals surface area contributed by atoms with Crippen LogP contribution in [-0.4, -0.2) is 20.2 Å². The van der Waals surface area contributed by atoms with E-state index in [0.29, 0.717) is 0 Å². The Kier molecular flexibility index (Phi) is 2.82. The molecule has 0 aliphatic carbocycles. The Morgan fingerprint density at radius 1 is 1.21 bits per heavy atom. The Balaban J connectivity index is 1.79. The molecule has 0 radical (unpaired) electrons. The molecule has 72 valence electrons. The number of H-pyrrole nitrogens is 1. The first kappa shape index (κ1) is 8.83. The number of nitrogens with one attached hydrogen (secondary N) is 2. The average Bonchev–Trinajstić information content (AvgIpc) is 2.72. The maximum Gasteiger partial charge on any atom is 0.115 e. The molecule has 0 atom stereocenters. The third-order valence-corrected chi connectivity index (χ3v) is 1.82. The molecule has 0 spiro atoms. The molecule has 0 unspecified atom stereocenters. The van der Waals surface area contributed by atoms with Gasteiger partial charge in [0.05, 0.1) is 5.69 Å². The van der Waals surface area contributed by atoms with Crippen molar-refractivity contribution in [3.05, 3.63) is 42.2 Å². The molecule has 5 heteroatoms. The van der Waals surface area contributed by atoms with Gasteiger partial charge in [0, 0.05) is 31.2 Å². The first-order chi connectivity index (χ1) is 6.95. The molecule has 0 fully saturated rings. The lowest BCUT2D eigenvalue weighted by Gasteiger charge is -2.01. The summed E-state index contributed by atoms with van der Waals surface area (Å²) in [7, 11) is 0. The monoisotopic (exact) mass is 189 g/mol. The van der Waals surface area contributed by atoms with E-state index in [2.05, 4.69) is 25.5 Å². The standard InChI is InChI=1S/C9H11N5/c1-3-10-7-12-8(1)5-11-6-9-2-4-13-14-9/h1-4,7,11H,5-6H2,(H,13,14). The van der Waals surface area contributed by atoms with Crippen LogP contribution < -0.4 is 5.32 Å². The molecule has 2 N–H and O–H groups in total. The number of hydrogen-bond acceptors (Lipinski definition) is 4. The smallest absolute Gasteiger partial charge is 0.115 e. The Morgan fingerprint density at radius 3 is 2.93 bits per heavy atom. The van der Waals surface area contributed by atoms with Gasteiger partial charge < -0.3 is 5.32 Å². The summed E-state index contributed by atoms with van der Waals surface area (Å²) in [5.74, 6) is 0. The van der Waals surface area contributed by atoms with E-state index >= 15 is 0 Å². The van der Waals surface area contributed by atoms with Gasteiger partial charge in [-0.05, 0) is 12.1 Å². The maximum atomic E-state index is 4.10. The average molecular weight is 189 g/mol. The van der Waals surface area contributed by atoms with Crippen LogP contribution in [0.4, 0.5) is 0 Å². The van der Waals surface area contributed by atoms with Crippen molar-refractivity contribution in [1.29, 1.82) is 0 Å². The van der Waals surface area contributed by atoms with E-state index < -0.39 is 0 Å². The molecule has 0 saturated carbocycles. The molecule has 2 aromatic heterocycles. The maximum absolute atomic E-state index is 4.10. The van der Waals surface area contributed by atoms with Crippen LogP contribution >= 0.6 is 0 Å². The van der Waals surface area contributed by atoms with Crippen molar-refractivity contribution in [3.8, 4) is 0 Å². The van der Waals surface area contributed by atoms with Gasteiger partial charge in [0.15, 0.2) is 0 Å². The van der Waals surface area contributed by atoms with Crippen LogP contribution in [-0.2, 0) is 13.1 Å². The third-order valence-electron chi connectivity index (χ3n) is 1.82. The fourth-order valence-corrected chi connectivity index (χ4v) is 1.13. The molecule has 0 bridgehead atoms. The van der Waals surface area contributed by atoms with Gasteiger partial charge in [0.2, 0.25) is 0 Å². The minimum atomic E-state index is 0.738. The highest BCUT2D eigenvalue weighted by atomic mass is 15.1. The fraction of sp³-hybridized carbons (Fsp3) is 0.222. The quantitative estimate of drug-likeness (QED) is 0.734. The van der Waals surface area contributed by atoms with Crippen LogP contribution in [0.25, 0.3) is 0 Å². The highest BCUT2D eigenvalue weighted by Gasteiger charge is 1.94. The Labute approximate surface area is 81.6 Å². The molecule has 0 aliphatic rings. The number of aromatic nitrogens is 4. The Hall–Kier alpha value is -1.75. The Morgan fingerprint density at radius 2 is 2.21 bits per heavy atom. The number of rotatable bonds is 4. The number of aromatic amines is 1. The summed E-state index contributed by atoms with van der Waals surface area (Å²) >= 11 is 0. The normalized spacial score (nSPS) is 10.3. The highest BCUT2D eigenvalue weighted by molar-refractivity contribution is 4.99. The van der Waals surface area contributed by atoms with Crippen LogP contribution in [0.5, 0.6) is 0 Å². The lowest BCUT2D eigenvalue weighted by Crippen LogP contribution is -2.13. The highest BCUT2D eigenvalue weighted by Crippen LogP contribution is 1.93. The lowest BCUT2D eigenvalue weighted by molar-refractivity contribution is 0.664. The summed E-state index contributed by atoms with van der Waals surface area (Å²) in [5, 5.41) is 9.98. The van der Waals surface area contributed by atoms with E-state index in [1.54, 1.807) is 18.7 Å². The molecule has 2 aromatic rings. The second kappa shape index (κ2) is 4.48. The van der Waals surface area contributed by atoms with Gasteiger partial charge in [0.25, 0.3) is 0 Å². The molecule has 5 nitrogen and oxygen atoms in total. The molecule has 0 aromatic carbocycles. The first-order valence-electron chi connectivity index (χ1n) is 4.39. The summed E-state index contributed by atoms with van der Waals surface area (Å²) in [6.07, 6.45) is 5.02. The number of nitrogens with zero attached hydrogens (tertiary/aromatic N) is 3. The zero-order valence-electron chi connectivity index (χ0n) is 7.64. The summed E-state index contributed by atoms with van der Waals surface area (Å²) in [5.41, 5.74) is 2.05. The molecular formula is C9H11N5. The van der Waals surface area contributed by atoms with Crippen LogP contribution in [0.2, 0.25) is 0 Å². The third kappa shape index (κ3) is 2.37. The summed E-state index contributed by atoms with van der Waals surface area (Å²) in [4.78, 5) is 7.95. The summed E-state index contributed by atoms with van der Waals surface area (Å²) in [6, 6.07) is 3.83. The molecule has 2 heterocycles. The van der Waals surface area contributed by atoms with E-state index in [-0.39, 0.29) is 0 Å². The first-order valence-corrected chi connectivity index (χ1v) is 4.39. The van der Waals surface area contributed by atoms with Gasteiger partial charge in [-0.15, -0.1) is 0 Å². The van der Waals surface area contributed by atoms with Gasteiger partial charge in [-0.25, -0.2) is 9.97 Å².